The minimum Gasteiger partial charge on any atom is -0.492 e. The Hall–Kier alpha value is -3.52. The number of fused-ring (bicyclic) bond motifs is 3. The summed E-state index contributed by atoms with van der Waals surface area (Å²) in [5.74, 6) is 0.910. The number of para-hydroxylation sites is 3. The quantitative estimate of drug-likeness (QED) is 0.488. The predicted octanol–water partition coefficient (Wildman–Crippen LogP) is 2.39. The van der Waals surface area contributed by atoms with Crippen molar-refractivity contribution in [1.82, 2.24) is 19.4 Å². The van der Waals surface area contributed by atoms with E-state index in [4.69, 9.17) is 4.74 Å². The van der Waals surface area contributed by atoms with Gasteiger partial charge in [-0.15, -0.1) is 0 Å². The Morgan fingerprint density at radius 1 is 0.875 bits per heavy atom. The minimum absolute atomic E-state index is 0.274. The summed E-state index contributed by atoms with van der Waals surface area (Å²) in [6.07, 6.45) is 0. The van der Waals surface area contributed by atoms with Gasteiger partial charge in [-0.05, 0) is 25.1 Å². The van der Waals surface area contributed by atoms with E-state index >= 15 is 0 Å². The molecule has 0 atom stereocenters. The maximum absolute atomic E-state index is 13.0. The number of hydrogen-bond donors (Lipinski definition) is 2. The van der Waals surface area contributed by atoms with Crippen molar-refractivity contribution in [3.8, 4) is 5.75 Å². The molecule has 1 fully saturated rings. The number of piperazine rings is 1. The van der Waals surface area contributed by atoms with Crippen LogP contribution in [0.25, 0.3) is 21.9 Å². The lowest BCUT2D eigenvalue weighted by atomic mass is 10.2. The smallest absolute Gasteiger partial charge is 0.328 e. The maximum Gasteiger partial charge on any atom is 0.328 e. The summed E-state index contributed by atoms with van der Waals surface area (Å²) < 4.78 is 7.07. The number of benzene rings is 2. The fourth-order valence-electron chi connectivity index (χ4n) is 4.49. The van der Waals surface area contributed by atoms with E-state index in [0.717, 1.165) is 48.5 Å². The van der Waals surface area contributed by atoms with Gasteiger partial charge >= 0.3 is 5.69 Å². The highest BCUT2D eigenvalue weighted by Gasteiger charge is 2.20. The van der Waals surface area contributed by atoms with Gasteiger partial charge in [-0.25, -0.2) is 4.79 Å². The van der Waals surface area contributed by atoms with Gasteiger partial charge in [0.1, 0.15) is 11.3 Å². The molecule has 8 nitrogen and oxygen atoms in total. The molecule has 5 rings (SSSR count). The Labute approximate surface area is 185 Å². The number of aromatic nitrogens is 3. The van der Waals surface area contributed by atoms with Crippen molar-refractivity contribution in [3.05, 3.63) is 69.4 Å². The van der Waals surface area contributed by atoms with E-state index in [-0.39, 0.29) is 11.2 Å². The van der Waals surface area contributed by atoms with Crippen molar-refractivity contribution >= 4 is 27.6 Å². The number of anilines is 1. The van der Waals surface area contributed by atoms with Gasteiger partial charge in [-0.3, -0.25) is 14.3 Å². The van der Waals surface area contributed by atoms with Crippen LogP contribution in [0.5, 0.6) is 5.75 Å². The Morgan fingerprint density at radius 2 is 1.62 bits per heavy atom. The molecule has 8 heteroatoms. The highest BCUT2D eigenvalue weighted by molar-refractivity contribution is 6.04. The molecule has 1 aliphatic heterocycles. The van der Waals surface area contributed by atoms with E-state index in [1.807, 2.05) is 49.4 Å². The van der Waals surface area contributed by atoms with Crippen molar-refractivity contribution in [2.24, 2.45) is 0 Å². The Balaban J connectivity index is 1.29. The molecule has 0 saturated carbocycles. The third-order valence-corrected chi connectivity index (χ3v) is 6.16. The fourth-order valence-corrected chi connectivity index (χ4v) is 4.49. The second kappa shape index (κ2) is 8.55. The number of H-pyrrole nitrogens is 2. The van der Waals surface area contributed by atoms with Gasteiger partial charge in [0.2, 0.25) is 0 Å². The first kappa shape index (κ1) is 20.4. The predicted molar refractivity (Wildman–Crippen MR) is 127 cm³/mol. The molecule has 166 valence electrons. The van der Waals surface area contributed by atoms with Crippen LogP contribution in [0.4, 0.5) is 5.69 Å². The lowest BCUT2D eigenvalue weighted by Gasteiger charge is -2.36. The van der Waals surface area contributed by atoms with E-state index in [0.29, 0.717) is 30.7 Å². The molecule has 2 N–H and O–H groups in total. The van der Waals surface area contributed by atoms with Gasteiger partial charge in [-0.2, -0.15) is 0 Å². The number of nitrogens with zero attached hydrogens (tertiary/aromatic N) is 3. The van der Waals surface area contributed by atoms with Gasteiger partial charge in [0.15, 0.2) is 0 Å². The van der Waals surface area contributed by atoms with Gasteiger partial charge in [0.05, 0.1) is 17.8 Å². The molecule has 0 unspecified atom stereocenters. The molecule has 3 heterocycles. The maximum atomic E-state index is 13.0. The third-order valence-electron chi connectivity index (χ3n) is 6.16. The fraction of sp³-hybridized carbons (Fsp3) is 0.333. The molecule has 2 aromatic heterocycles. The summed E-state index contributed by atoms with van der Waals surface area (Å²) in [4.78, 5) is 36.3. The zero-order valence-electron chi connectivity index (χ0n) is 18.1. The first-order valence-corrected chi connectivity index (χ1v) is 11.1. The standard InChI is InChI=1S/C24H27N5O3/c1-2-32-20-10-6-5-9-19(20)28-14-11-27(12-15-28)13-16-29-23(30)22-21(26-24(29)31)17-7-3-4-8-18(17)25-22/h3-10,25H,2,11-16H2,1H3,(H,26,31). The van der Waals surface area contributed by atoms with E-state index in [1.54, 1.807) is 0 Å². The van der Waals surface area contributed by atoms with Gasteiger partial charge in [-0.1, -0.05) is 30.3 Å². The molecule has 1 saturated heterocycles. The SMILES string of the molecule is CCOc1ccccc1N1CCN(CCn2c(=O)[nH]c3c([nH]c4ccccc43)c2=O)CC1. The molecule has 32 heavy (non-hydrogen) atoms. The van der Waals surface area contributed by atoms with Gasteiger partial charge < -0.3 is 19.6 Å². The Kier molecular flexibility index (Phi) is 5.45. The van der Waals surface area contributed by atoms with Crippen LogP contribution in [0.15, 0.2) is 58.1 Å². The molecule has 0 radical (unpaired) electrons. The van der Waals surface area contributed by atoms with Gasteiger partial charge in [0, 0.05) is 50.2 Å². The highest BCUT2D eigenvalue weighted by atomic mass is 16.5. The second-order valence-corrected chi connectivity index (χ2v) is 8.04. The van der Waals surface area contributed by atoms with Gasteiger partial charge in [0.25, 0.3) is 5.56 Å². The molecule has 1 aliphatic rings. The second-order valence-electron chi connectivity index (χ2n) is 8.04. The zero-order chi connectivity index (χ0) is 22.1. The summed E-state index contributed by atoms with van der Waals surface area (Å²) in [6, 6.07) is 15.7. The summed E-state index contributed by atoms with van der Waals surface area (Å²) in [5, 5.41) is 0.854. The van der Waals surface area contributed by atoms with Crippen LogP contribution in [0.1, 0.15) is 6.92 Å². The zero-order valence-corrected chi connectivity index (χ0v) is 18.1. The topological polar surface area (TPSA) is 86.4 Å². The largest absolute Gasteiger partial charge is 0.492 e. The Morgan fingerprint density at radius 3 is 2.44 bits per heavy atom. The van der Waals surface area contributed by atoms with Crippen LogP contribution in [-0.2, 0) is 6.54 Å². The van der Waals surface area contributed by atoms with Crippen molar-refractivity contribution in [2.45, 2.75) is 13.5 Å². The molecule has 0 spiro atoms. The number of hydrogen-bond acceptors (Lipinski definition) is 5. The first-order valence-electron chi connectivity index (χ1n) is 11.1. The highest BCUT2D eigenvalue weighted by Crippen LogP contribution is 2.28. The molecule has 4 aromatic rings. The van der Waals surface area contributed by atoms with Crippen LogP contribution in [0, 0.1) is 0 Å². The third kappa shape index (κ3) is 3.67. The summed E-state index contributed by atoms with van der Waals surface area (Å²) in [6.45, 7) is 7.10. The van der Waals surface area contributed by atoms with Crippen molar-refractivity contribution in [2.75, 3.05) is 44.2 Å². The summed E-state index contributed by atoms with van der Waals surface area (Å²) in [7, 11) is 0. The van der Waals surface area contributed by atoms with Crippen LogP contribution in [-0.4, -0.2) is 58.8 Å². The minimum atomic E-state index is -0.364. The Bertz CT molecular complexity index is 1360. The van der Waals surface area contributed by atoms with E-state index in [2.05, 4.69) is 25.8 Å². The molecular weight excluding hydrogens is 406 g/mol. The molecule has 0 bridgehead atoms. The molecule has 0 amide bonds. The van der Waals surface area contributed by atoms with Crippen LogP contribution >= 0.6 is 0 Å². The van der Waals surface area contributed by atoms with Crippen molar-refractivity contribution in [1.29, 1.82) is 0 Å². The van der Waals surface area contributed by atoms with Crippen LogP contribution in [0.2, 0.25) is 0 Å². The number of ether oxygens (including phenoxy) is 1. The van der Waals surface area contributed by atoms with Crippen LogP contribution < -0.4 is 20.9 Å². The molecule has 2 aromatic carbocycles. The average Bonchev–Trinajstić information content (AvgIpc) is 3.19. The number of nitrogens with one attached hydrogen (secondary N) is 2. The normalized spacial score (nSPS) is 15.0. The number of aromatic amines is 2. The van der Waals surface area contributed by atoms with E-state index in [9.17, 15) is 9.59 Å². The van der Waals surface area contributed by atoms with Crippen molar-refractivity contribution in [3.63, 3.8) is 0 Å². The average molecular weight is 434 g/mol. The monoisotopic (exact) mass is 433 g/mol. The van der Waals surface area contributed by atoms with Crippen molar-refractivity contribution < 1.29 is 4.74 Å². The summed E-state index contributed by atoms with van der Waals surface area (Å²) >= 11 is 0. The molecular formula is C24H27N5O3. The lowest BCUT2D eigenvalue weighted by Crippen LogP contribution is -2.48. The molecule has 0 aliphatic carbocycles. The van der Waals surface area contributed by atoms with E-state index in [1.165, 1.54) is 4.57 Å². The first-order chi connectivity index (χ1) is 15.7. The van der Waals surface area contributed by atoms with Crippen LogP contribution in [0.3, 0.4) is 0 Å². The number of rotatable bonds is 6. The lowest BCUT2D eigenvalue weighted by molar-refractivity contribution is 0.245. The summed E-state index contributed by atoms with van der Waals surface area (Å²) in [5.41, 5.74) is 2.35. The van der Waals surface area contributed by atoms with E-state index < -0.39 is 0 Å².